The smallest absolute Gasteiger partial charge is 0.295 e. The summed E-state index contributed by atoms with van der Waals surface area (Å²) in [5.41, 5.74) is 7.67. The van der Waals surface area contributed by atoms with Gasteiger partial charge in [0, 0.05) is 19.0 Å². The summed E-state index contributed by atoms with van der Waals surface area (Å²) in [6.07, 6.45) is 2.61. The van der Waals surface area contributed by atoms with Crippen LogP contribution in [0.15, 0.2) is 22.6 Å². The molecule has 100 valence electrons. The van der Waals surface area contributed by atoms with Crippen molar-refractivity contribution in [3.05, 3.63) is 18.2 Å². The number of amides is 1. The third kappa shape index (κ3) is 2.78. The molecule has 0 radical (unpaired) electrons. The zero-order chi connectivity index (χ0) is 13.2. The molecule has 1 aromatic carbocycles. The zero-order valence-electron chi connectivity index (χ0n) is 10.5. The minimum absolute atomic E-state index is 0.0608. The quantitative estimate of drug-likeness (QED) is 0.708. The molecule has 0 atom stereocenters. The maximum Gasteiger partial charge on any atom is 0.295 e. The molecular weight excluding hydrogens is 244 g/mol. The first-order valence-corrected chi connectivity index (χ1v) is 6.40. The molecule has 1 amide bonds. The summed E-state index contributed by atoms with van der Waals surface area (Å²) < 4.78 is 5.49. The lowest BCUT2D eigenvalue weighted by Gasteiger charge is -2.03. The number of carbonyl (C=O) groups excluding carboxylic acids is 1. The lowest BCUT2D eigenvalue weighted by atomic mass is 10.3. The number of nitrogens with two attached hydrogens (primary N) is 1. The fraction of sp³-hybridized carbons (Fsp3) is 0.385. The van der Waals surface area contributed by atoms with E-state index in [0.717, 1.165) is 12.8 Å². The van der Waals surface area contributed by atoms with Crippen molar-refractivity contribution in [3.8, 4) is 0 Å². The minimum Gasteiger partial charge on any atom is -0.423 e. The van der Waals surface area contributed by atoms with Gasteiger partial charge in [0.05, 0.1) is 5.69 Å². The molecule has 6 nitrogen and oxygen atoms in total. The van der Waals surface area contributed by atoms with Gasteiger partial charge in [-0.25, -0.2) is 0 Å². The van der Waals surface area contributed by atoms with Crippen molar-refractivity contribution in [1.82, 2.24) is 10.3 Å². The van der Waals surface area contributed by atoms with Crippen LogP contribution in [0.1, 0.15) is 19.3 Å². The highest BCUT2D eigenvalue weighted by atomic mass is 16.4. The molecule has 1 saturated carbocycles. The normalized spacial score (nSPS) is 14.5. The Kier molecular flexibility index (Phi) is 2.98. The summed E-state index contributed by atoms with van der Waals surface area (Å²) in [5, 5.41) is 5.92. The Morgan fingerprint density at radius 2 is 2.32 bits per heavy atom. The van der Waals surface area contributed by atoms with E-state index in [1.165, 1.54) is 0 Å². The zero-order valence-corrected chi connectivity index (χ0v) is 10.5. The number of benzene rings is 1. The second kappa shape index (κ2) is 4.79. The second-order valence-corrected chi connectivity index (χ2v) is 4.73. The summed E-state index contributed by atoms with van der Waals surface area (Å²) in [5.74, 6) is 0.0608. The SMILES string of the molecule is Nc1cccc2oc(NCCC(=O)NC3CC3)nc12. The number of aromatic nitrogens is 1. The number of fused-ring (bicyclic) bond motifs is 1. The van der Waals surface area contributed by atoms with Gasteiger partial charge < -0.3 is 20.8 Å². The highest BCUT2D eigenvalue weighted by molar-refractivity contribution is 5.86. The van der Waals surface area contributed by atoms with E-state index in [9.17, 15) is 4.79 Å². The number of hydrogen-bond donors (Lipinski definition) is 3. The van der Waals surface area contributed by atoms with E-state index in [1.54, 1.807) is 6.07 Å². The molecule has 0 aliphatic heterocycles. The number of anilines is 2. The molecule has 0 bridgehead atoms. The van der Waals surface area contributed by atoms with E-state index in [4.69, 9.17) is 10.2 Å². The highest BCUT2D eigenvalue weighted by Gasteiger charge is 2.22. The van der Waals surface area contributed by atoms with Crippen molar-refractivity contribution < 1.29 is 9.21 Å². The average Bonchev–Trinajstić information content (AvgIpc) is 3.07. The first-order chi connectivity index (χ1) is 9.22. The largest absolute Gasteiger partial charge is 0.423 e. The summed E-state index contributed by atoms with van der Waals surface area (Å²) in [6.45, 7) is 0.491. The van der Waals surface area contributed by atoms with E-state index in [-0.39, 0.29) is 5.91 Å². The molecule has 1 fully saturated rings. The Hall–Kier alpha value is -2.24. The molecule has 1 aromatic heterocycles. The maximum absolute atomic E-state index is 11.5. The van der Waals surface area contributed by atoms with Crippen LogP contribution in [0.3, 0.4) is 0 Å². The van der Waals surface area contributed by atoms with Crippen LogP contribution >= 0.6 is 0 Å². The van der Waals surface area contributed by atoms with E-state index in [2.05, 4.69) is 15.6 Å². The number of para-hydroxylation sites is 1. The Balaban J connectivity index is 1.56. The average molecular weight is 260 g/mol. The van der Waals surface area contributed by atoms with E-state index < -0.39 is 0 Å². The van der Waals surface area contributed by atoms with Crippen LogP contribution in [0.4, 0.5) is 11.7 Å². The van der Waals surface area contributed by atoms with Crippen LogP contribution < -0.4 is 16.4 Å². The predicted molar refractivity (Wildman–Crippen MR) is 72.7 cm³/mol. The van der Waals surface area contributed by atoms with Crippen LogP contribution in [0.2, 0.25) is 0 Å². The molecular formula is C13H16N4O2. The molecule has 4 N–H and O–H groups in total. The van der Waals surface area contributed by atoms with Gasteiger partial charge in [-0.2, -0.15) is 4.98 Å². The molecule has 1 aliphatic rings. The second-order valence-electron chi connectivity index (χ2n) is 4.73. The van der Waals surface area contributed by atoms with E-state index in [0.29, 0.717) is 41.8 Å². The lowest BCUT2D eigenvalue weighted by Crippen LogP contribution is -2.27. The Labute approximate surface area is 110 Å². The van der Waals surface area contributed by atoms with Crippen LogP contribution in [0.5, 0.6) is 0 Å². The minimum atomic E-state index is 0.0608. The van der Waals surface area contributed by atoms with E-state index in [1.807, 2.05) is 12.1 Å². The van der Waals surface area contributed by atoms with Crippen LogP contribution in [-0.4, -0.2) is 23.5 Å². The predicted octanol–water partition coefficient (Wildman–Crippen LogP) is 1.49. The third-order valence-corrected chi connectivity index (χ3v) is 3.02. The van der Waals surface area contributed by atoms with Crippen molar-refractivity contribution in [2.24, 2.45) is 0 Å². The number of nitrogens with one attached hydrogen (secondary N) is 2. The molecule has 6 heteroatoms. The lowest BCUT2D eigenvalue weighted by molar-refractivity contribution is -0.120. The molecule has 19 heavy (non-hydrogen) atoms. The molecule has 3 rings (SSSR count). The standard InChI is InChI=1S/C13H16N4O2/c14-9-2-1-3-10-12(9)17-13(19-10)15-7-6-11(18)16-8-4-5-8/h1-3,8H,4-7,14H2,(H,15,17)(H,16,18). The van der Waals surface area contributed by atoms with Crippen molar-refractivity contribution in [3.63, 3.8) is 0 Å². The number of rotatable bonds is 5. The van der Waals surface area contributed by atoms with Gasteiger partial charge in [0.25, 0.3) is 6.01 Å². The van der Waals surface area contributed by atoms with Gasteiger partial charge in [-0.1, -0.05) is 6.07 Å². The van der Waals surface area contributed by atoms with Crippen LogP contribution in [0.25, 0.3) is 11.1 Å². The Morgan fingerprint density at radius 3 is 3.05 bits per heavy atom. The monoisotopic (exact) mass is 260 g/mol. The summed E-state index contributed by atoms with van der Waals surface area (Å²) in [4.78, 5) is 15.7. The molecule has 0 unspecified atom stereocenters. The number of nitrogen functional groups attached to an aromatic ring is 1. The van der Waals surface area contributed by atoms with Crippen molar-refractivity contribution in [2.75, 3.05) is 17.6 Å². The number of nitrogens with zero attached hydrogens (tertiary/aromatic N) is 1. The summed E-state index contributed by atoms with van der Waals surface area (Å²) in [7, 11) is 0. The summed E-state index contributed by atoms with van der Waals surface area (Å²) >= 11 is 0. The number of carbonyl (C=O) groups is 1. The summed E-state index contributed by atoms with van der Waals surface area (Å²) in [6, 6.07) is 6.20. The maximum atomic E-state index is 11.5. The molecule has 0 saturated heterocycles. The van der Waals surface area contributed by atoms with Gasteiger partial charge in [0.1, 0.15) is 5.52 Å². The van der Waals surface area contributed by atoms with Gasteiger partial charge in [-0.3, -0.25) is 4.79 Å². The van der Waals surface area contributed by atoms with Crippen LogP contribution in [-0.2, 0) is 4.79 Å². The van der Waals surface area contributed by atoms with Gasteiger partial charge >= 0.3 is 0 Å². The topological polar surface area (TPSA) is 93.2 Å². The number of oxazole rings is 1. The number of hydrogen-bond acceptors (Lipinski definition) is 5. The van der Waals surface area contributed by atoms with Gasteiger partial charge in [0.2, 0.25) is 5.91 Å². The van der Waals surface area contributed by atoms with Crippen molar-refractivity contribution >= 4 is 28.7 Å². The van der Waals surface area contributed by atoms with Gasteiger partial charge in [-0.05, 0) is 25.0 Å². The van der Waals surface area contributed by atoms with Crippen molar-refractivity contribution in [2.45, 2.75) is 25.3 Å². The molecule has 2 aromatic rings. The molecule has 0 spiro atoms. The van der Waals surface area contributed by atoms with E-state index >= 15 is 0 Å². The van der Waals surface area contributed by atoms with Crippen molar-refractivity contribution in [1.29, 1.82) is 0 Å². The van der Waals surface area contributed by atoms with Gasteiger partial charge in [0.15, 0.2) is 5.58 Å². The van der Waals surface area contributed by atoms with Gasteiger partial charge in [-0.15, -0.1) is 0 Å². The highest BCUT2D eigenvalue weighted by Crippen LogP contribution is 2.23. The third-order valence-electron chi connectivity index (χ3n) is 3.02. The fourth-order valence-electron chi connectivity index (χ4n) is 1.86. The van der Waals surface area contributed by atoms with Crippen LogP contribution in [0, 0.1) is 0 Å². The fourth-order valence-corrected chi connectivity index (χ4v) is 1.86. The first kappa shape index (κ1) is 11.8. The molecule has 1 heterocycles. The first-order valence-electron chi connectivity index (χ1n) is 6.40. The Morgan fingerprint density at radius 1 is 1.47 bits per heavy atom. The Bertz CT molecular complexity index is 604. The molecule has 1 aliphatic carbocycles.